The highest BCUT2D eigenvalue weighted by Gasteiger charge is 1.96. The summed E-state index contributed by atoms with van der Waals surface area (Å²) in [7, 11) is 0. The average Bonchev–Trinajstić information content (AvgIpc) is 2.39. The molecule has 0 fully saturated rings. The fourth-order valence-electron chi connectivity index (χ4n) is 1.79. The Morgan fingerprint density at radius 2 is 1.76 bits per heavy atom. The molecular weight excluding hydrogens is 208 g/mol. The lowest BCUT2D eigenvalue weighted by Gasteiger charge is -2.16. The molecule has 0 bridgehead atoms. The molecule has 2 nitrogen and oxygen atoms in total. The van der Waals surface area contributed by atoms with Crippen LogP contribution in [0.25, 0.3) is 0 Å². The van der Waals surface area contributed by atoms with Gasteiger partial charge in [0.2, 0.25) is 0 Å². The van der Waals surface area contributed by atoms with Crippen molar-refractivity contribution in [2.45, 2.75) is 26.7 Å². The van der Waals surface area contributed by atoms with Gasteiger partial charge in [-0.25, -0.2) is 0 Å². The van der Waals surface area contributed by atoms with Crippen LogP contribution in [0.1, 0.15) is 32.3 Å². The number of unbranched alkanes of at least 4 members (excludes halogenated alkanes) is 1. The molecule has 17 heavy (non-hydrogen) atoms. The molecule has 0 radical (unpaired) electrons. The zero-order chi connectivity index (χ0) is 12.3. The summed E-state index contributed by atoms with van der Waals surface area (Å²) in [6.45, 7) is 8.89. The molecule has 0 aliphatic heterocycles. The number of benzene rings is 1. The molecule has 0 N–H and O–H groups in total. The van der Waals surface area contributed by atoms with E-state index in [1.807, 2.05) is 24.4 Å². The van der Waals surface area contributed by atoms with Crippen molar-refractivity contribution in [1.29, 1.82) is 0 Å². The predicted molar refractivity (Wildman–Crippen MR) is 75.9 cm³/mol. The number of rotatable bonds is 8. The third-order valence-electron chi connectivity index (χ3n) is 2.95. The van der Waals surface area contributed by atoms with Crippen molar-refractivity contribution in [1.82, 2.24) is 4.90 Å². The van der Waals surface area contributed by atoms with Crippen LogP contribution in [0, 0.1) is 0 Å². The summed E-state index contributed by atoms with van der Waals surface area (Å²) < 4.78 is 0. The van der Waals surface area contributed by atoms with Crippen molar-refractivity contribution in [3.05, 3.63) is 35.9 Å². The second-order valence-electron chi connectivity index (χ2n) is 4.18. The lowest BCUT2D eigenvalue weighted by molar-refractivity contribution is 0.298. The first-order valence-electron chi connectivity index (χ1n) is 6.64. The second-order valence-corrected chi connectivity index (χ2v) is 4.18. The molecule has 0 saturated heterocycles. The SMILES string of the molecule is CCN(CC)CCCCN=Cc1ccccc1. The van der Waals surface area contributed by atoms with Gasteiger partial charge in [0.05, 0.1) is 0 Å². The van der Waals surface area contributed by atoms with E-state index in [1.165, 1.54) is 24.9 Å². The number of hydrogen-bond donors (Lipinski definition) is 0. The van der Waals surface area contributed by atoms with Crippen molar-refractivity contribution in [3.63, 3.8) is 0 Å². The molecule has 1 rings (SSSR count). The minimum absolute atomic E-state index is 0.941. The van der Waals surface area contributed by atoms with Crippen molar-refractivity contribution >= 4 is 6.21 Å². The first-order valence-corrected chi connectivity index (χ1v) is 6.64. The predicted octanol–water partition coefficient (Wildman–Crippen LogP) is 3.23. The topological polar surface area (TPSA) is 15.6 Å². The van der Waals surface area contributed by atoms with Gasteiger partial charge in [0.25, 0.3) is 0 Å². The Labute approximate surface area is 105 Å². The van der Waals surface area contributed by atoms with Crippen LogP contribution in [-0.4, -0.2) is 37.3 Å². The van der Waals surface area contributed by atoms with Crippen LogP contribution in [-0.2, 0) is 0 Å². The molecule has 0 unspecified atom stereocenters. The van der Waals surface area contributed by atoms with E-state index >= 15 is 0 Å². The molecule has 0 heterocycles. The fourth-order valence-corrected chi connectivity index (χ4v) is 1.79. The normalized spacial score (nSPS) is 11.5. The molecule has 0 aliphatic carbocycles. The van der Waals surface area contributed by atoms with Crippen molar-refractivity contribution in [2.24, 2.45) is 4.99 Å². The van der Waals surface area contributed by atoms with Crippen LogP contribution in [0.3, 0.4) is 0 Å². The zero-order valence-corrected chi connectivity index (χ0v) is 11.1. The van der Waals surface area contributed by atoms with E-state index in [9.17, 15) is 0 Å². The summed E-state index contributed by atoms with van der Waals surface area (Å²) in [6.07, 6.45) is 4.39. The summed E-state index contributed by atoms with van der Waals surface area (Å²) in [5.74, 6) is 0. The van der Waals surface area contributed by atoms with Gasteiger partial charge in [0.15, 0.2) is 0 Å². The summed E-state index contributed by atoms with van der Waals surface area (Å²) in [5.41, 5.74) is 1.19. The van der Waals surface area contributed by atoms with E-state index in [2.05, 4.69) is 35.9 Å². The molecule has 0 saturated carbocycles. The number of aliphatic imine (C=N–C) groups is 1. The molecule has 0 atom stereocenters. The van der Waals surface area contributed by atoms with E-state index in [1.54, 1.807) is 0 Å². The highest BCUT2D eigenvalue weighted by molar-refractivity contribution is 5.79. The molecule has 2 heteroatoms. The van der Waals surface area contributed by atoms with Gasteiger partial charge >= 0.3 is 0 Å². The smallest absolute Gasteiger partial charge is 0.0390 e. The van der Waals surface area contributed by atoms with Gasteiger partial charge < -0.3 is 4.90 Å². The monoisotopic (exact) mass is 232 g/mol. The van der Waals surface area contributed by atoms with E-state index in [0.29, 0.717) is 0 Å². The van der Waals surface area contributed by atoms with Gasteiger partial charge in [0.1, 0.15) is 0 Å². The minimum atomic E-state index is 0.941. The highest BCUT2D eigenvalue weighted by Crippen LogP contribution is 1.97. The summed E-state index contributed by atoms with van der Waals surface area (Å²) in [4.78, 5) is 6.91. The second kappa shape index (κ2) is 8.94. The lowest BCUT2D eigenvalue weighted by Crippen LogP contribution is -2.23. The van der Waals surface area contributed by atoms with Crippen LogP contribution in [0.5, 0.6) is 0 Å². The van der Waals surface area contributed by atoms with Gasteiger partial charge in [-0.1, -0.05) is 44.2 Å². The molecule has 0 aliphatic rings. The quantitative estimate of drug-likeness (QED) is 0.496. The number of hydrogen-bond acceptors (Lipinski definition) is 2. The van der Waals surface area contributed by atoms with E-state index in [-0.39, 0.29) is 0 Å². The average molecular weight is 232 g/mol. The van der Waals surface area contributed by atoms with Gasteiger partial charge in [-0.3, -0.25) is 4.99 Å². The Morgan fingerprint density at radius 3 is 2.41 bits per heavy atom. The Kier molecular flexibility index (Phi) is 7.32. The molecule has 94 valence electrons. The Balaban J connectivity index is 2.10. The summed E-state index contributed by atoms with van der Waals surface area (Å²) in [5, 5.41) is 0. The van der Waals surface area contributed by atoms with E-state index in [4.69, 9.17) is 0 Å². The molecule has 1 aromatic rings. The van der Waals surface area contributed by atoms with E-state index in [0.717, 1.165) is 19.6 Å². The standard InChI is InChI=1S/C15H24N2/c1-3-17(4-2)13-9-8-12-16-14-15-10-6-5-7-11-15/h5-7,10-11,14H,3-4,8-9,12-13H2,1-2H3. The van der Waals surface area contributed by atoms with Crippen LogP contribution >= 0.6 is 0 Å². The van der Waals surface area contributed by atoms with Gasteiger partial charge in [-0.15, -0.1) is 0 Å². The van der Waals surface area contributed by atoms with Crippen molar-refractivity contribution < 1.29 is 0 Å². The van der Waals surface area contributed by atoms with Crippen molar-refractivity contribution in [3.8, 4) is 0 Å². The first kappa shape index (κ1) is 13.9. The molecular formula is C15H24N2. The summed E-state index contributed by atoms with van der Waals surface area (Å²) >= 11 is 0. The van der Waals surface area contributed by atoms with Crippen LogP contribution in [0.15, 0.2) is 35.3 Å². The third kappa shape index (κ3) is 6.22. The molecule has 1 aromatic carbocycles. The Hall–Kier alpha value is -1.15. The van der Waals surface area contributed by atoms with Crippen LogP contribution in [0.4, 0.5) is 0 Å². The Bertz CT molecular complexity index is 302. The summed E-state index contributed by atoms with van der Waals surface area (Å²) in [6, 6.07) is 10.3. The Morgan fingerprint density at radius 1 is 1.06 bits per heavy atom. The van der Waals surface area contributed by atoms with Gasteiger partial charge in [-0.05, 0) is 38.0 Å². The first-order chi connectivity index (χ1) is 8.36. The molecule has 0 spiro atoms. The largest absolute Gasteiger partial charge is 0.304 e. The van der Waals surface area contributed by atoms with E-state index < -0.39 is 0 Å². The van der Waals surface area contributed by atoms with Crippen LogP contribution < -0.4 is 0 Å². The maximum atomic E-state index is 4.45. The van der Waals surface area contributed by atoms with Gasteiger partial charge in [-0.2, -0.15) is 0 Å². The van der Waals surface area contributed by atoms with Crippen molar-refractivity contribution in [2.75, 3.05) is 26.2 Å². The maximum Gasteiger partial charge on any atom is 0.0390 e. The van der Waals surface area contributed by atoms with Crippen LogP contribution in [0.2, 0.25) is 0 Å². The third-order valence-corrected chi connectivity index (χ3v) is 2.95. The highest BCUT2D eigenvalue weighted by atomic mass is 15.1. The fraction of sp³-hybridized carbons (Fsp3) is 0.533. The minimum Gasteiger partial charge on any atom is -0.304 e. The lowest BCUT2D eigenvalue weighted by atomic mass is 10.2. The molecule has 0 amide bonds. The number of nitrogens with zero attached hydrogens (tertiary/aromatic N) is 2. The molecule has 0 aromatic heterocycles. The van der Waals surface area contributed by atoms with Gasteiger partial charge in [0, 0.05) is 12.8 Å². The zero-order valence-electron chi connectivity index (χ0n) is 11.1. The maximum absolute atomic E-state index is 4.45.